The minimum absolute atomic E-state index is 0.0141. The lowest BCUT2D eigenvalue weighted by Gasteiger charge is -2.20. The molecule has 43 heavy (non-hydrogen) atoms. The summed E-state index contributed by atoms with van der Waals surface area (Å²) < 4.78 is 12.8. The van der Waals surface area contributed by atoms with Crippen molar-refractivity contribution in [1.29, 1.82) is 5.26 Å². The molecule has 0 fully saturated rings. The molecule has 4 aromatic rings. The Hall–Kier alpha value is -4.09. The van der Waals surface area contributed by atoms with Crippen LogP contribution in [0.4, 0.5) is 5.69 Å². The van der Waals surface area contributed by atoms with E-state index < -0.39 is 0 Å². The molecule has 1 aromatic heterocycles. The zero-order chi connectivity index (χ0) is 30.5. The monoisotopic (exact) mass is 596 g/mol. The van der Waals surface area contributed by atoms with Crippen LogP contribution in [-0.2, 0) is 19.6 Å². The fourth-order valence-corrected chi connectivity index (χ4v) is 5.79. The van der Waals surface area contributed by atoms with Gasteiger partial charge in [0.15, 0.2) is 0 Å². The molecule has 0 amide bonds. The standard InChI is InChI=1S/C35H37ClN4O3/c1-22-12-26(8-10-32(22)40(3)4)28-6-5-7-30-29(28)9-11-33(30)43-35-15-34(27(14-31(35)36)19-39-23(2)20-41)42-21-25-13-24(16-37)17-38-18-25/h5-8,10,12-15,17-18,23,33,39,41H,9,11,19-21H2,1-4H3/t23-,33+/m1/s1. The van der Waals surface area contributed by atoms with E-state index in [1.165, 1.54) is 39.7 Å². The van der Waals surface area contributed by atoms with Crippen molar-refractivity contribution in [3.05, 3.63) is 105 Å². The molecule has 0 radical (unpaired) electrons. The van der Waals surface area contributed by atoms with Crippen molar-refractivity contribution >= 4 is 17.3 Å². The van der Waals surface area contributed by atoms with E-state index >= 15 is 0 Å². The number of benzene rings is 3. The quantitative estimate of drug-likeness (QED) is 0.198. The average Bonchev–Trinajstić information content (AvgIpc) is 3.42. The second kappa shape index (κ2) is 13.5. The number of ether oxygens (including phenoxy) is 2. The van der Waals surface area contributed by atoms with Gasteiger partial charge in [0.2, 0.25) is 0 Å². The van der Waals surface area contributed by atoms with Crippen molar-refractivity contribution < 1.29 is 14.6 Å². The highest BCUT2D eigenvalue weighted by Crippen LogP contribution is 2.43. The van der Waals surface area contributed by atoms with Gasteiger partial charge in [-0.25, -0.2) is 0 Å². The van der Waals surface area contributed by atoms with Gasteiger partial charge in [-0.1, -0.05) is 35.9 Å². The first kappa shape index (κ1) is 30.4. The van der Waals surface area contributed by atoms with Crippen molar-refractivity contribution in [3.8, 4) is 28.7 Å². The number of hydrogen-bond acceptors (Lipinski definition) is 7. The first-order chi connectivity index (χ1) is 20.8. The van der Waals surface area contributed by atoms with E-state index in [4.69, 9.17) is 21.1 Å². The van der Waals surface area contributed by atoms with Crippen LogP contribution in [-0.4, -0.2) is 36.8 Å². The maximum Gasteiger partial charge on any atom is 0.142 e. The van der Waals surface area contributed by atoms with Crippen LogP contribution in [0, 0.1) is 18.3 Å². The first-order valence-corrected chi connectivity index (χ1v) is 14.9. The summed E-state index contributed by atoms with van der Waals surface area (Å²) in [5.41, 5.74) is 9.47. The van der Waals surface area contributed by atoms with Crippen LogP contribution in [0.3, 0.4) is 0 Å². The third-order valence-corrected chi connectivity index (χ3v) is 8.12. The maximum atomic E-state index is 9.49. The number of nitrogens with one attached hydrogen (secondary N) is 1. The van der Waals surface area contributed by atoms with E-state index in [2.05, 4.69) is 78.7 Å². The van der Waals surface area contributed by atoms with Crippen LogP contribution in [0.1, 0.15) is 52.8 Å². The summed E-state index contributed by atoms with van der Waals surface area (Å²) in [6.45, 7) is 4.75. The molecule has 0 saturated carbocycles. The van der Waals surface area contributed by atoms with Crippen molar-refractivity contribution in [1.82, 2.24) is 10.3 Å². The van der Waals surface area contributed by atoms with Crippen molar-refractivity contribution in [2.24, 2.45) is 0 Å². The molecular formula is C35H37ClN4O3. The van der Waals surface area contributed by atoms with Crippen LogP contribution in [0.15, 0.2) is 67.0 Å². The molecule has 0 spiro atoms. The number of nitriles is 1. The van der Waals surface area contributed by atoms with Crippen LogP contribution < -0.4 is 19.7 Å². The first-order valence-electron chi connectivity index (χ1n) is 14.5. The Balaban J connectivity index is 1.41. The Morgan fingerprint density at radius 1 is 1.14 bits per heavy atom. The molecule has 0 aliphatic heterocycles. The number of aliphatic hydroxyl groups excluding tert-OH is 1. The number of pyridine rings is 1. The van der Waals surface area contributed by atoms with Crippen molar-refractivity contribution in [2.45, 2.75) is 52.0 Å². The van der Waals surface area contributed by atoms with Gasteiger partial charge >= 0.3 is 0 Å². The predicted molar refractivity (Wildman–Crippen MR) is 171 cm³/mol. The number of anilines is 1. The Morgan fingerprint density at radius 3 is 2.72 bits per heavy atom. The number of fused-ring (bicyclic) bond motifs is 1. The van der Waals surface area contributed by atoms with E-state index in [0.29, 0.717) is 28.6 Å². The van der Waals surface area contributed by atoms with Gasteiger partial charge in [-0.05, 0) is 78.8 Å². The minimum Gasteiger partial charge on any atom is -0.488 e. The number of rotatable bonds is 11. The third kappa shape index (κ3) is 6.94. The van der Waals surface area contributed by atoms with Crippen LogP contribution in [0.2, 0.25) is 5.02 Å². The summed E-state index contributed by atoms with van der Waals surface area (Å²) in [5.74, 6) is 1.16. The average molecular weight is 597 g/mol. The highest BCUT2D eigenvalue weighted by atomic mass is 35.5. The summed E-state index contributed by atoms with van der Waals surface area (Å²) in [4.78, 5) is 6.27. The second-order valence-electron chi connectivity index (χ2n) is 11.3. The van der Waals surface area contributed by atoms with E-state index in [9.17, 15) is 10.4 Å². The summed E-state index contributed by atoms with van der Waals surface area (Å²) >= 11 is 6.79. The minimum atomic E-state index is -0.141. The molecule has 0 bridgehead atoms. The van der Waals surface area contributed by atoms with Crippen molar-refractivity contribution in [2.75, 3.05) is 25.6 Å². The zero-order valence-corrected chi connectivity index (χ0v) is 25.8. The van der Waals surface area contributed by atoms with Gasteiger partial charge in [0.1, 0.15) is 30.3 Å². The van der Waals surface area contributed by atoms with Gasteiger partial charge in [0.05, 0.1) is 17.2 Å². The van der Waals surface area contributed by atoms with Gasteiger partial charge in [0.25, 0.3) is 0 Å². The fourth-order valence-electron chi connectivity index (χ4n) is 5.56. The Morgan fingerprint density at radius 2 is 1.98 bits per heavy atom. The van der Waals surface area contributed by atoms with Crippen molar-refractivity contribution in [3.63, 3.8) is 0 Å². The number of aromatic nitrogens is 1. The molecule has 2 atom stereocenters. The van der Waals surface area contributed by atoms with E-state index in [1.54, 1.807) is 12.3 Å². The predicted octanol–water partition coefficient (Wildman–Crippen LogP) is 6.76. The van der Waals surface area contributed by atoms with E-state index in [0.717, 1.165) is 24.0 Å². The largest absolute Gasteiger partial charge is 0.488 e. The van der Waals surface area contributed by atoms with Gasteiger partial charge < -0.3 is 24.8 Å². The molecular weight excluding hydrogens is 560 g/mol. The molecule has 3 aromatic carbocycles. The lowest BCUT2D eigenvalue weighted by atomic mass is 9.95. The molecule has 2 N–H and O–H groups in total. The fraction of sp³-hybridized carbons (Fsp3) is 0.314. The smallest absolute Gasteiger partial charge is 0.142 e. The molecule has 8 heteroatoms. The molecule has 5 rings (SSSR count). The molecule has 1 aliphatic rings. The van der Waals surface area contributed by atoms with E-state index in [1.807, 2.05) is 19.1 Å². The molecule has 1 aliphatic carbocycles. The Labute approximate surface area is 258 Å². The number of aliphatic hydroxyl groups is 1. The molecule has 1 heterocycles. The maximum absolute atomic E-state index is 9.49. The molecule has 222 valence electrons. The second-order valence-corrected chi connectivity index (χ2v) is 11.7. The topological polar surface area (TPSA) is 90.6 Å². The van der Waals surface area contributed by atoms with Gasteiger partial charge in [-0.3, -0.25) is 4.98 Å². The van der Waals surface area contributed by atoms with Crippen LogP contribution in [0.5, 0.6) is 11.5 Å². The van der Waals surface area contributed by atoms with Gasteiger partial charge in [0, 0.05) is 62.0 Å². The highest BCUT2D eigenvalue weighted by Gasteiger charge is 2.28. The summed E-state index contributed by atoms with van der Waals surface area (Å²) in [7, 11) is 4.13. The number of hydrogen-bond donors (Lipinski definition) is 2. The Kier molecular flexibility index (Phi) is 9.52. The highest BCUT2D eigenvalue weighted by molar-refractivity contribution is 6.32. The SMILES string of the molecule is Cc1cc(-c2cccc3c2CC[C@@H]3Oc2cc(OCc3cncc(C#N)c3)c(CN[C@H](C)CO)cc2Cl)ccc1N(C)C. The summed E-state index contributed by atoms with van der Waals surface area (Å²) in [6.07, 6.45) is 4.82. The number of aryl methyl sites for hydroxylation is 1. The lowest BCUT2D eigenvalue weighted by molar-refractivity contribution is 0.205. The normalized spacial score (nSPS) is 14.6. The summed E-state index contributed by atoms with van der Waals surface area (Å²) in [6, 6.07) is 20.5. The van der Waals surface area contributed by atoms with Crippen LogP contribution in [0.25, 0.3) is 11.1 Å². The molecule has 7 nitrogen and oxygen atoms in total. The lowest BCUT2D eigenvalue weighted by Crippen LogP contribution is -2.28. The van der Waals surface area contributed by atoms with Gasteiger partial charge in [-0.15, -0.1) is 0 Å². The molecule has 0 saturated heterocycles. The molecule has 0 unspecified atom stereocenters. The zero-order valence-electron chi connectivity index (χ0n) is 25.0. The Bertz CT molecular complexity index is 1650. The van der Waals surface area contributed by atoms with E-state index in [-0.39, 0.29) is 25.4 Å². The third-order valence-electron chi connectivity index (χ3n) is 7.82. The summed E-state index contributed by atoms with van der Waals surface area (Å²) in [5, 5.41) is 22.5. The number of halogens is 1. The van der Waals surface area contributed by atoms with Crippen LogP contribution >= 0.6 is 11.6 Å². The van der Waals surface area contributed by atoms with Gasteiger partial charge in [-0.2, -0.15) is 5.26 Å². The number of nitrogens with zero attached hydrogens (tertiary/aromatic N) is 3.